The number of hydrogen-bond donors (Lipinski definition) is 3. The standard InChI is InChI=1S/C17H18Cl2N4O.HI/c1-21-17(23-10-13-6-7-14(18)8-15(13)19)22-9-11-2-4-12(5-3-11)16(20)24;/h2-8H,9-10H2,1H3,(H2,20,24)(H2,21,22,23);1H. The average molecular weight is 493 g/mol. The number of halogens is 3. The van der Waals surface area contributed by atoms with Gasteiger partial charge in [-0.05, 0) is 35.4 Å². The molecule has 0 heterocycles. The number of benzene rings is 2. The number of amides is 1. The maximum Gasteiger partial charge on any atom is 0.248 e. The van der Waals surface area contributed by atoms with Crippen molar-refractivity contribution in [3.05, 3.63) is 69.2 Å². The molecule has 0 fully saturated rings. The van der Waals surface area contributed by atoms with E-state index in [1.807, 2.05) is 18.2 Å². The molecule has 25 heavy (non-hydrogen) atoms. The molecule has 2 aromatic rings. The van der Waals surface area contributed by atoms with Gasteiger partial charge in [0.25, 0.3) is 0 Å². The fourth-order valence-electron chi connectivity index (χ4n) is 2.04. The van der Waals surface area contributed by atoms with Crippen LogP contribution in [0.4, 0.5) is 0 Å². The van der Waals surface area contributed by atoms with Gasteiger partial charge in [0.15, 0.2) is 5.96 Å². The van der Waals surface area contributed by atoms with Gasteiger partial charge in [-0.2, -0.15) is 0 Å². The van der Waals surface area contributed by atoms with Crippen molar-refractivity contribution in [2.24, 2.45) is 10.7 Å². The number of nitrogens with one attached hydrogen (secondary N) is 2. The van der Waals surface area contributed by atoms with Crippen molar-refractivity contribution in [3.63, 3.8) is 0 Å². The minimum absolute atomic E-state index is 0. The van der Waals surface area contributed by atoms with Crippen molar-refractivity contribution in [3.8, 4) is 0 Å². The first-order chi connectivity index (χ1) is 11.5. The monoisotopic (exact) mass is 492 g/mol. The van der Waals surface area contributed by atoms with Gasteiger partial charge in [0.1, 0.15) is 0 Å². The molecule has 1 amide bonds. The molecule has 0 radical (unpaired) electrons. The Kier molecular flexibility index (Phi) is 9.02. The van der Waals surface area contributed by atoms with Gasteiger partial charge in [-0.1, -0.05) is 41.4 Å². The van der Waals surface area contributed by atoms with Crippen LogP contribution in [0.5, 0.6) is 0 Å². The number of nitrogens with two attached hydrogens (primary N) is 1. The van der Waals surface area contributed by atoms with E-state index in [-0.39, 0.29) is 24.0 Å². The lowest BCUT2D eigenvalue weighted by Gasteiger charge is -2.13. The highest BCUT2D eigenvalue weighted by Gasteiger charge is 2.04. The number of rotatable bonds is 5. The van der Waals surface area contributed by atoms with Gasteiger partial charge in [0.2, 0.25) is 5.91 Å². The Morgan fingerprint density at radius 3 is 2.28 bits per heavy atom. The molecule has 5 nitrogen and oxygen atoms in total. The Bertz CT molecular complexity index is 751. The van der Waals surface area contributed by atoms with E-state index < -0.39 is 5.91 Å². The number of carbonyl (C=O) groups is 1. The number of guanidine groups is 1. The van der Waals surface area contributed by atoms with E-state index >= 15 is 0 Å². The molecule has 0 unspecified atom stereocenters. The molecular formula is C17H19Cl2IN4O. The van der Waals surface area contributed by atoms with Crippen LogP contribution < -0.4 is 16.4 Å². The predicted octanol–water partition coefficient (Wildman–Crippen LogP) is 3.58. The third-order valence-corrected chi connectivity index (χ3v) is 3.97. The molecule has 0 atom stereocenters. The summed E-state index contributed by atoms with van der Waals surface area (Å²) in [5.41, 5.74) is 7.64. The molecule has 0 aliphatic carbocycles. The van der Waals surface area contributed by atoms with E-state index in [1.54, 1.807) is 31.3 Å². The molecule has 0 aromatic heterocycles. The predicted molar refractivity (Wildman–Crippen MR) is 114 cm³/mol. The Morgan fingerprint density at radius 1 is 1.08 bits per heavy atom. The normalized spacial score (nSPS) is 10.8. The molecule has 2 aromatic carbocycles. The number of carbonyl (C=O) groups excluding carboxylic acids is 1. The zero-order chi connectivity index (χ0) is 17.5. The molecule has 134 valence electrons. The smallest absolute Gasteiger partial charge is 0.248 e. The second-order valence-electron chi connectivity index (χ2n) is 5.08. The third-order valence-electron chi connectivity index (χ3n) is 3.38. The Labute approximate surface area is 174 Å². The van der Waals surface area contributed by atoms with Crippen molar-refractivity contribution < 1.29 is 4.79 Å². The van der Waals surface area contributed by atoms with Gasteiger partial charge in [-0.25, -0.2) is 0 Å². The van der Waals surface area contributed by atoms with Crippen molar-refractivity contribution >= 4 is 59.0 Å². The van der Waals surface area contributed by atoms with Gasteiger partial charge in [-0.15, -0.1) is 24.0 Å². The van der Waals surface area contributed by atoms with Gasteiger partial charge >= 0.3 is 0 Å². The molecular weight excluding hydrogens is 474 g/mol. The van der Waals surface area contributed by atoms with Crippen LogP contribution in [0.15, 0.2) is 47.5 Å². The zero-order valence-electron chi connectivity index (χ0n) is 13.6. The summed E-state index contributed by atoms with van der Waals surface area (Å²) in [4.78, 5) is 15.2. The summed E-state index contributed by atoms with van der Waals surface area (Å²) in [5, 5.41) is 7.58. The maximum absolute atomic E-state index is 11.1. The number of aliphatic imine (C=N–C) groups is 1. The van der Waals surface area contributed by atoms with E-state index in [4.69, 9.17) is 28.9 Å². The van der Waals surface area contributed by atoms with E-state index in [0.717, 1.165) is 11.1 Å². The SMILES string of the molecule is CN=C(NCc1ccc(C(N)=O)cc1)NCc1ccc(Cl)cc1Cl.I. The summed E-state index contributed by atoms with van der Waals surface area (Å²) < 4.78 is 0. The Morgan fingerprint density at radius 2 is 1.72 bits per heavy atom. The van der Waals surface area contributed by atoms with Crippen LogP contribution >= 0.6 is 47.2 Å². The minimum atomic E-state index is -0.438. The third kappa shape index (κ3) is 6.72. The van der Waals surface area contributed by atoms with Crippen molar-refractivity contribution in [2.45, 2.75) is 13.1 Å². The molecule has 0 spiro atoms. The first-order valence-corrected chi connectivity index (χ1v) is 8.02. The van der Waals surface area contributed by atoms with E-state index in [2.05, 4.69) is 15.6 Å². The van der Waals surface area contributed by atoms with Crippen LogP contribution in [0.1, 0.15) is 21.5 Å². The van der Waals surface area contributed by atoms with Crippen molar-refractivity contribution in [1.82, 2.24) is 10.6 Å². The van der Waals surface area contributed by atoms with E-state index in [9.17, 15) is 4.79 Å². The van der Waals surface area contributed by atoms with Crippen LogP contribution in [0.3, 0.4) is 0 Å². The molecule has 0 saturated heterocycles. The summed E-state index contributed by atoms with van der Waals surface area (Å²) in [6.45, 7) is 1.09. The van der Waals surface area contributed by atoms with Gasteiger partial charge in [0.05, 0.1) is 0 Å². The number of nitrogens with zero attached hydrogens (tertiary/aromatic N) is 1. The number of primary amides is 1. The topological polar surface area (TPSA) is 79.5 Å². The average Bonchev–Trinajstić information content (AvgIpc) is 2.57. The molecule has 8 heteroatoms. The van der Waals surface area contributed by atoms with Crippen LogP contribution in [0.25, 0.3) is 0 Å². The Balaban J connectivity index is 0.00000312. The summed E-state index contributed by atoms with van der Waals surface area (Å²) in [5.74, 6) is 0.201. The lowest BCUT2D eigenvalue weighted by atomic mass is 10.1. The van der Waals surface area contributed by atoms with Crippen molar-refractivity contribution in [1.29, 1.82) is 0 Å². The van der Waals surface area contributed by atoms with E-state index in [0.29, 0.717) is 34.7 Å². The second kappa shape index (κ2) is 10.5. The van der Waals surface area contributed by atoms with Crippen LogP contribution in [-0.2, 0) is 13.1 Å². The van der Waals surface area contributed by atoms with E-state index in [1.165, 1.54) is 0 Å². The highest BCUT2D eigenvalue weighted by molar-refractivity contribution is 14.0. The molecule has 0 aliphatic rings. The second-order valence-corrected chi connectivity index (χ2v) is 5.92. The summed E-state index contributed by atoms with van der Waals surface area (Å²) in [7, 11) is 1.69. The lowest BCUT2D eigenvalue weighted by molar-refractivity contribution is 0.100. The highest BCUT2D eigenvalue weighted by Crippen LogP contribution is 2.20. The summed E-state index contributed by atoms with van der Waals surface area (Å²) in [6.07, 6.45) is 0. The molecule has 0 bridgehead atoms. The van der Waals surface area contributed by atoms with Gasteiger partial charge < -0.3 is 16.4 Å². The quantitative estimate of drug-likeness (QED) is 0.339. The molecule has 4 N–H and O–H groups in total. The largest absolute Gasteiger partial charge is 0.366 e. The molecule has 0 saturated carbocycles. The molecule has 2 rings (SSSR count). The summed E-state index contributed by atoms with van der Waals surface area (Å²) >= 11 is 12.0. The fraction of sp³-hybridized carbons (Fsp3) is 0.176. The van der Waals surface area contributed by atoms with Crippen molar-refractivity contribution in [2.75, 3.05) is 7.05 Å². The molecule has 0 aliphatic heterocycles. The van der Waals surface area contributed by atoms with Crippen LogP contribution in [-0.4, -0.2) is 18.9 Å². The first kappa shape index (κ1) is 21.5. The Hall–Kier alpha value is -1.51. The summed E-state index contributed by atoms with van der Waals surface area (Å²) in [6, 6.07) is 12.4. The minimum Gasteiger partial charge on any atom is -0.366 e. The van der Waals surface area contributed by atoms with Gasteiger partial charge in [-0.3, -0.25) is 9.79 Å². The zero-order valence-corrected chi connectivity index (χ0v) is 17.4. The lowest BCUT2D eigenvalue weighted by Crippen LogP contribution is -2.36. The van der Waals surface area contributed by atoms with Crippen LogP contribution in [0.2, 0.25) is 10.0 Å². The van der Waals surface area contributed by atoms with Gasteiger partial charge in [0, 0.05) is 35.7 Å². The number of hydrogen-bond acceptors (Lipinski definition) is 2. The fourth-order valence-corrected chi connectivity index (χ4v) is 2.51. The first-order valence-electron chi connectivity index (χ1n) is 7.27. The maximum atomic E-state index is 11.1. The van der Waals surface area contributed by atoms with Crippen LogP contribution in [0, 0.1) is 0 Å². The highest BCUT2D eigenvalue weighted by atomic mass is 127.